The number of nitrogens with two attached hydrogens (primary N) is 1. The molecule has 3 N–H and O–H groups in total. The van der Waals surface area contributed by atoms with E-state index in [0.717, 1.165) is 0 Å². The lowest BCUT2D eigenvalue weighted by molar-refractivity contribution is 0.211. The molecule has 3 rings (SSSR count). The van der Waals surface area contributed by atoms with E-state index in [4.69, 9.17) is 38.4 Å². The molecular formula is C21H23Cl2N5O3. The number of aromatic nitrogens is 3. The fraction of sp³-hybridized carbons (Fsp3) is 0.286. The molecule has 2 aromatic heterocycles. The highest BCUT2D eigenvalue weighted by molar-refractivity contribution is 6.33. The van der Waals surface area contributed by atoms with Crippen LogP contribution in [-0.2, 0) is 12.5 Å². The van der Waals surface area contributed by atoms with Crippen molar-refractivity contribution in [1.82, 2.24) is 14.8 Å². The molecule has 31 heavy (non-hydrogen) atoms. The summed E-state index contributed by atoms with van der Waals surface area (Å²) < 4.78 is 12.1. The Bertz CT molecular complexity index is 1140. The summed E-state index contributed by atoms with van der Waals surface area (Å²) in [6, 6.07) is 8.75. The second kappa shape index (κ2) is 8.64. The van der Waals surface area contributed by atoms with Crippen LogP contribution in [0.5, 0.6) is 11.8 Å². The third-order valence-corrected chi connectivity index (χ3v) is 5.11. The standard InChI is InChI=1S/C21H23Cl2N5O3/c1-21(2,3)17-15(23)19(28(4)27-17)31-20(29)26-14-10-13(25-18(30-5)16(14)24)11-8-6-7-9-12(11)22/h6-10H,24H2,1-5H3,(H,25,26,29). The van der Waals surface area contributed by atoms with Crippen LogP contribution in [0.25, 0.3) is 11.3 Å². The average molecular weight is 464 g/mol. The number of halogens is 2. The number of ether oxygens (including phenoxy) is 2. The van der Waals surface area contributed by atoms with Crippen LogP contribution in [-0.4, -0.2) is 28.0 Å². The highest BCUT2D eigenvalue weighted by Crippen LogP contribution is 2.37. The number of anilines is 2. The molecule has 10 heteroatoms. The molecule has 0 atom stereocenters. The van der Waals surface area contributed by atoms with E-state index in [-0.39, 0.29) is 33.6 Å². The number of nitrogens with one attached hydrogen (secondary N) is 1. The van der Waals surface area contributed by atoms with Crippen molar-refractivity contribution in [1.29, 1.82) is 0 Å². The number of amides is 1. The van der Waals surface area contributed by atoms with Crippen LogP contribution >= 0.6 is 23.2 Å². The van der Waals surface area contributed by atoms with Crippen molar-refractivity contribution in [2.45, 2.75) is 26.2 Å². The highest BCUT2D eigenvalue weighted by atomic mass is 35.5. The predicted molar refractivity (Wildman–Crippen MR) is 122 cm³/mol. The summed E-state index contributed by atoms with van der Waals surface area (Å²) in [5.41, 5.74) is 7.92. The maximum absolute atomic E-state index is 12.6. The Morgan fingerprint density at radius 2 is 1.90 bits per heavy atom. The summed E-state index contributed by atoms with van der Waals surface area (Å²) in [6.07, 6.45) is -0.796. The fourth-order valence-electron chi connectivity index (χ4n) is 2.89. The molecule has 2 heterocycles. The van der Waals surface area contributed by atoms with Gasteiger partial charge in [0.2, 0.25) is 11.8 Å². The van der Waals surface area contributed by atoms with Crippen molar-refractivity contribution in [3.8, 4) is 23.0 Å². The Labute approximate surface area is 190 Å². The lowest BCUT2D eigenvalue weighted by Crippen LogP contribution is -2.19. The zero-order valence-corrected chi connectivity index (χ0v) is 19.3. The Hall–Kier alpha value is -2.97. The largest absolute Gasteiger partial charge is 0.479 e. The van der Waals surface area contributed by atoms with Crippen molar-refractivity contribution >= 4 is 40.7 Å². The van der Waals surface area contributed by atoms with Gasteiger partial charge in [-0.1, -0.05) is 62.2 Å². The van der Waals surface area contributed by atoms with Crippen molar-refractivity contribution in [3.05, 3.63) is 46.1 Å². The number of carbonyl (C=O) groups is 1. The molecule has 0 spiro atoms. The molecule has 164 valence electrons. The van der Waals surface area contributed by atoms with Crippen LogP contribution in [0.15, 0.2) is 30.3 Å². The Morgan fingerprint density at radius 1 is 1.23 bits per heavy atom. The van der Waals surface area contributed by atoms with E-state index in [1.165, 1.54) is 11.8 Å². The van der Waals surface area contributed by atoms with E-state index in [1.807, 2.05) is 26.8 Å². The molecule has 0 fully saturated rings. The number of benzene rings is 1. The number of aryl methyl sites for hydroxylation is 1. The molecule has 3 aromatic rings. The highest BCUT2D eigenvalue weighted by Gasteiger charge is 2.27. The van der Waals surface area contributed by atoms with Crippen LogP contribution < -0.4 is 20.5 Å². The number of nitrogens with zero attached hydrogens (tertiary/aromatic N) is 3. The van der Waals surface area contributed by atoms with Gasteiger partial charge in [0, 0.05) is 23.0 Å². The molecule has 0 aliphatic rings. The van der Waals surface area contributed by atoms with Crippen LogP contribution in [0.2, 0.25) is 10.0 Å². The Kier molecular flexibility index (Phi) is 6.33. The molecule has 0 saturated heterocycles. The van der Waals surface area contributed by atoms with Gasteiger partial charge in [0.25, 0.3) is 0 Å². The van der Waals surface area contributed by atoms with Crippen LogP contribution in [0.1, 0.15) is 26.5 Å². The summed E-state index contributed by atoms with van der Waals surface area (Å²) >= 11 is 12.7. The van der Waals surface area contributed by atoms with Crippen LogP contribution in [0.4, 0.5) is 16.2 Å². The molecule has 1 amide bonds. The Balaban J connectivity index is 1.93. The minimum absolute atomic E-state index is 0.120. The van der Waals surface area contributed by atoms with E-state index in [9.17, 15) is 4.79 Å². The average Bonchev–Trinajstić information content (AvgIpc) is 2.98. The summed E-state index contributed by atoms with van der Waals surface area (Å²) in [4.78, 5) is 17.0. The fourth-order valence-corrected chi connectivity index (χ4v) is 3.61. The van der Waals surface area contributed by atoms with E-state index < -0.39 is 6.09 Å². The van der Waals surface area contributed by atoms with Gasteiger partial charge in [-0.15, -0.1) is 0 Å². The second-order valence-corrected chi connectivity index (χ2v) is 8.60. The molecule has 0 saturated carbocycles. The predicted octanol–water partition coefficient (Wildman–Crippen LogP) is 5.29. The zero-order valence-electron chi connectivity index (χ0n) is 17.8. The number of rotatable bonds is 4. The first-order valence-electron chi connectivity index (χ1n) is 9.34. The first kappa shape index (κ1) is 22.7. The number of hydrogen-bond acceptors (Lipinski definition) is 6. The van der Waals surface area contributed by atoms with Gasteiger partial charge in [0.1, 0.15) is 10.7 Å². The molecule has 0 unspecified atom stereocenters. The first-order valence-corrected chi connectivity index (χ1v) is 10.1. The van der Waals surface area contributed by atoms with E-state index >= 15 is 0 Å². The Morgan fingerprint density at radius 3 is 2.48 bits per heavy atom. The molecule has 0 aliphatic heterocycles. The zero-order chi connectivity index (χ0) is 22.9. The van der Waals surface area contributed by atoms with Crippen molar-refractivity contribution in [2.75, 3.05) is 18.2 Å². The van der Waals surface area contributed by atoms with E-state index in [0.29, 0.717) is 22.0 Å². The third-order valence-electron chi connectivity index (χ3n) is 4.44. The number of hydrogen-bond donors (Lipinski definition) is 2. The minimum Gasteiger partial charge on any atom is -0.479 e. The third kappa shape index (κ3) is 4.70. The quantitative estimate of drug-likeness (QED) is 0.544. The summed E-state index contributed by atoms with van der Waals surface area (Å²) in [5.74, 6) is 0.260. The van der Waals surface area contributed by atoms with Gasteiger partial charge in [-0.25, -0.2) is 14.5 Å². The van der Waals surface area contributed by atoms with Crippen molar-refractivity contribution in [2.24, 2.45) is 7.05 Å². The SMILES string of the molecule is COc1nc(-c2ccccc2Cl)cc(NC(=O)Oc2c(Cl)c(C(C)(C)C)nn2C)c1N. The molecule has 8 nitrogen and oxygen atoms in total. The van der Waals surface area contributed by atoms with Crippen LogP contribution in [0.3, 0.4) is 0 Å². The van der Waals surface area contributed by atoms with E-state index in [2.05, 4.69) is 15.4 Å². The first-order chi connectivity index (χ1) is 14.5. The summed E-state index contributed by atoms with van der Waals surface area (Å²) in [7, 11) is 3.07. The van der Waals surface area contributed by atoms with Gasteiger partial charge in [-0.05, 0) is 12.1 Å². The van der Waals surface area contributed by atoms with Crippen molar-refractivity contribution in [3.63, 3.8) is 0 Å². The maximum Gasteiger partial charge on any atom is 0.418 e. The van der Waals surface area contributed by atoms with Gasteiger partial charge in [0.05, 0.1) is 24.2 Å². The number of carbonyl (C=O) groups excluding carboxylic acids is 1. The second-order valence-electron chi connectivity index (χ2n) is 7.81. The molecular weight excluding hydrogens is 441 g/mol. The maximum atomic E-state index is 12.6. The van der Waals surface area contributed by atoms with Crippen LogP contribution in [0, 0.1) is 0 Å². The van der Waals surface area contributed by atoms with Gasteiger partial charge in [0.15, 0.2) is 0 Å². The van der Waals surface area contributed by atoms with Gasteiger partial charge >= 0.3 is 6.09 Å². The van der Waals surface area contributed by atoms with Crippen molar-refractivity contribution < 1.29 is 14.3 Å². The van der Waals surface area contributed by atoms with E-state index in [1.54, 1.807) is 31.3 Å². The van der Waals surface area contributed by atoms with Gasteiger partial charge in [-0.2, -0.15) is 5.10 Å². The topological polar surface area (TPSA) is 104 Å². The lowest BCUT2D eigenvalue weighted by atomic mass is 9.92. The molecule has 1 aromatic carbocycles. The molecule has 0 radical (unpaired) electrons. The smallest absolute Gasteiger partial charge is 0.418 e. The lowest BCUT2D eigenvalue weighted by Gasteiger charge is -2.15. The summed E-state index contributed by atoms with van der Waals surface area (Å²) in [6.45, 7) is 5.89. The van der Waals surface area contributed by atoms with Gasteiger partial charge < -0.3 is 15.2 Å². The number of methoxy groups -OCH3 is 1. The monoisotopic (exact) mass is 463 g/mol. The normalized spacial score (nSPS) is 11.3. The number of pyridine rings is 1. The molecule has 0 aliphatic carbocycles. The minimum atomic E-state index is -0.796. The molecule has 0 bridgehead atoms. The van der Waals surface area contributed by atoms with Gasteiger partial charge in [-0.3, -0.25) is 5.32 Å². The number of nitrogen functional groups attached to an aromatic ring is 1. The summed E-state index contributed by atoms with van der Waals surface area (Å²) in [5, 5.41) is 7.74.